The van der Waals surface area contributed by atoms with Gasteiger partial charge in [-0.2, -0.15) is 10.4 Å². The van der Waals surface area contributed by atoms with Crippen LogP contribution in [-0.2, 0) is 13.5 Å². The van der Waals surface area contributed by atoms with Crippen LogP contribution in [-0.4, -0.2) is 9.78 Å². The van der Waals surface area contributed by atoms with Crippen molar-refractivity contribution in [3.05, 3.63) is 53.3 Å². The summed E-state index contributed by atoms with van der Waals surface area (Å²) in [6.45, 7) is 3.71. The molecule has 0 aliphatic rings. The summed E-state index contributed by atoms with van der Waals surface area (Å²) in [7, 11) is 1.88. The summed E-state index contributed by atoms with van der Waals surface area (Å²) in [4.78, 5) is 0. The zero-order valence-corrected chi connectivity index (χ0v) is 11.5. The van der Waals surface area contributed by atoms with Crippen molar-refractivity contribution >= 4 is 11.6 Å². The zero-order chi connectivity index (χ0) is 13.8. The van der Waals surface area contributed by atoms with Gasteiger partial charge >= 0.3 is 0 Å². The topological polar surface area (TPSA) is 41.6 Å². The first-order valence-electron chi connectivity index (χ1n) is 5.95. The Morgan fingerprint density at radius 2 is 2.32 bits per heavy atom. The van der Waals surface area contributed by atoms with Gasteiger partial charge < -0.3 is 0 Å². The van der Waals surface area contributed by atoms with Gasteiger partial charge in [-0.1, -0.05) is 24.2 Å². The standard InChI is InChI=1S/C15H14ClN3/c1-11(8-17)3-4-12-5-6-14(16)7-15(12)13-9-18-19(2)10-13/h5-7,9-10H,1,3-4H2,2H3. The summed E-state index contributed by atoms with van der Waals surface area (Å²) in [5.74, 6) is 0. The summed E-state index contributed by atoms with van der Waals surface area (Å²) in [5.41, 5.74) is 3.83. The van der Waals surface area contributed by atoms with Crippen LogP contribution in [0.1, 0.15) is 12.0 Å². The highest BCUT2D eigenvalue weighted by molar-refractivity contribution is 6.30. The Morgan fingerprint density at radius 1 is 1.53 bits per heavy atom. The lowest BCUT2D eigenvalue weighted by molar-refractivity contribution is 0.768. The molecule has 0 saturated heterocycles. The fourth-order valence-corrected chi connectivity index (χ4v) is 2.11. The van der Waals surface area contributed by atoms with Gasteiger partial charge in [-0.25, -0.2) is 0 Å². The van der Waals surface area contributed by atoms with Crippen LogP contribution >= 0.6 is 11.6 Å². The molecule has 2 aromatic rings. The van der Waals surface area contributed by atoms with Crippen LogP contribution in [0.3, 0.4) is 0 Å². The smallest absolute Gasteiger partial charge is 0.0940 e. The highest BCUT2D eigenvalue weighted by Gasteiger charge is 2.08. The predicted molar refractivity (Wildman–Crippen MR) is 76.7 cm³/mol. The summed E-state index contributed by atoms with van der Waals surface area (Å²) >= 11 is 6.07. The Balaban J connectivity index is 2.33. The van der Waals surface area contributed by atoms with Crippen molar-refractivity contribution in [1.82, 2.24) is 9.78 Å². The number of halogens is 1. The highest BCUT2D eigenvalue weighted by Crippen LogP contribution is 2.28. The van der Waals surface area contributed by atoms with Crippen molar-refractivity contribution in [2.75, 3.05) is 0 Å². The Hall–Kier alpha value is -2.05. The fourth-order valence-electron chi connectivity index (χ4n) is 1.94. The third-order valence-electron chi connectivity index (χ3n) is 2.94. The van der Waals surface area contributed by atoms with Gasteiger partial charge in [0.1, 0.15) is 0 Å². The van der Waals surface area contributed by atoms with Gasteiger partial charge in [-0.15, -0.1) is 0 Å². The second-order valence-electron chi connectivity index (χ2n) is 4.42. The number of aromatic nitrogens is 2. The van der Waals surface area contributed by atoms with E-state index >= 15 is 0 Å². The molecule has 0 N–H and O–H groups in total. The molecule has 0 fully saturated rings. The van der Waals surface area contributed by atoms with Gasteiger partial charge in [-0.3, -0.25) is 4.68 Å². The minimum atomic E-state index is 0.590. The van der Waals surface area contributed by atoms with E-state index in [0.717, 1.165) is 23.1 Å². The molecule has 19 heavy (non-hydrogen) atoms. The van der Waals surface area contributed by atoms with E-state index in [0.29, 0.717) is 17.0 Å². The molecule has 4 heteroatoms. The molecule has 0 amide bonds. The number of hydrogen-bond donors (Lipinski definition) is 0. The first-order valence-corrected chi connectivity index (χ1v) is 6.33. The van der Waals surface area contributed by atoms with Crippen LogP contribution in [0.2, 0.25) is 5.02 Å². The number of rotatable bonds is 4. The number of nitrogens with zero attached hydrogens (tertiary/aromatic N) is 3. The van der Waals surface area contributed by atoms with Crippen LogP contribution in [0.5, 0.6) is 0 Å². The van der Waals surface area contributed by atoms with E-state index in [1.807, 2.05) is 37.6 Å². The first kappa shape index (κ1) is 13.4. The molecular formula is C15H14ClN3. The summed E-state index contributed by atoms with van der Waals surface area (Å²) in [6, 6.07) is 7.87. The number of benzene rings is 1. The van der Waals surface area contributed by atoms with Gasteiger partial charge in [0, 0.05) is 29.4 Å². The molecule has 96 valence electrons. The second kappa shape index (κ2) is 5.73. The van der Waals surface area contributed by atoms with E-state index in [-0.39, 0.29) is 0 Å². The lowest BCUT2D eigenvalue weighted by Gasteiger charge is -2.08. The van der Waals surface area contributed by atoms with Crippen LogP contribution in [0.25, 0.3) is 11.1 Å². The molecule has 1 aromatic heterocycles. The van der Waals surface area contributed by atoms with Crippen LogP contribution in [0.4, 0.5) is 0 Å². The largest absolute Gasteiger partial charge is 0.275 e. The van der Waals surface area contributed by atoms with Crippen molar-refractivity contribution in [3.63, 3.8) is 0 Å². The van der Waals surface area contributed by atoms with E-state index in [1.54, 1.807) is 4.68 Å². The van der Waals surface area contributed by atoms with E-state index in [1.165, 1.54) is 0 Å². The molecule has 0 bridgehead atoms. The van der Waals surface area contributed by atoms with Gasteiger partial charge in [0.25, 0.3) is 0 Å². The monoisotopic (exact) mass is 271 g/mol. The number of hydrogen-bond acceptors (Lipinski definition) is 2. The number of nitriles is 1. The minimum Gasteiger partial charge on any atom is -0.275 e. The predicted octanol–water partition coefficient (Wildman–Crippen LogP) is 3.75. The third-order valence-corrected chi connectivity index (χ3v) is 3.18. The molecule has 1 heterocycles. The minimum absolute atomic E-state index is 0.590. The fraction of sp³-hybridized carbons (Fsp3) is 0.200. The maximum atomic E-state index is 8.76. The van der Waals surface area contributed by atoms with Crippen molar-refractivity contribution in [2.24, 2.45) is 7.05 Å². The normalized spacial score (nSPS) is 10.2. The Labute approximate surface area is 117 Å². The number of allylic oxidation sites excluding steroid dienone is 1. The lowest BCUT2D eigenvalue weighted by Crippen LogP contribution is -1.91. The van der Waals surface area contributed by atoms with Crippen molar-refractivity contribution in [3.8, 4) is 17.2 Å². The SMILES string of the molecule is C=C(C#N)CCc1ccc(Cl)cc1-c1cnn(C)c1. The quantitative estimate of drug-likeness (QED) is 0.795. The third kappa shape index (κ3) is 3.24. The van der Waals surface area contributed by atoms with E-state index in [9.17, 15) is 0 Å². The second-order valence-corrected chi connectivity index (χ2v) is 4.86. The summed E-state index contributed by atoms with van der Waals surface area (Å²) in [6.07, 6.45) is 5.20. The lowest BCUT2D eigenvalue weighted by atomic mass is 9.97. The maximum Gasteiger partial charge on any atom is 0.0940 e. The maximum absolute atomic E-state index is 8.76. The molecule has 3 nitrogen and oxygen atoms in total. The summed E-state index contributed by atoms with van der Waals surface area (Å²) in [5, 5.41) is 13.6. The van der Waals surface area contributed by atoms with Gasteiger partial charge in [0.2, 0.25) is 0 Å². The highest BCUT2D eigenvalue weighted by atomic mass is 35.5. The van der Waals surface area contributed by atoms with E-state index in [4.69, 9.17) is 16.9 Å². The van der Waals surface area contributed by atoms with E-state index < -0.39 is 0 Å². The molecule has 0 unspecified atom stereocenters. The van der Waals surface area contributed by atoms with Crippen LogP contribution in [0.15, 0.2) is 42.7 Å². The Kier molecular flexibility index (Phi) is 4.03. The van der Waals surface area contributed by atoms with Gasteiger partial charge in [-0.05, 0) is 36.1 Å². The van der Waals surface area contributed by atoms with Crippen LogP contribution in [0, 0.1) is 11.3 Å². The molecular weight excluding hydrogens is 258 g/mol. The molecule has 0 radical (unpaired) electrons. The summed E-state index contributed by atoms with van der Waals surface area (Å²) < 4.78 is 1.76. The Morgan fingerprint density at radius 3 is 2.95 bits per heavy atom. The Bertz CT molecular complexity index is 650. The molecule has 0 saturated carbocycles. The molecule has 0 atom stereocenters. The van der Waals surface area contributed by atoms with Crippen LogP contribution < -0.4 is 0 Å². The van der Waals surface area contributed by atoms with Gasteiger partial charge in [0.15, 0.2) is 0 Å². The molecule has 0 aliphatic heterocycles. The molecule has 0 aliphatic carbocycles. The molecule has 2 rings (SSSR count). The van der Waals surface area contributed by atoms with Crippen molar-refractivity contribution in [1.29, 1.82) is 5.26 Å². The number of aryl methyl sites for hydroxylation is 2. The van der Waals surface area contributed by atoms with Crippen molar-refractivity contribution < 1.29 is 0 Å². The molecule has 1 aromatic carbocycles. The van der Waals surface area contributed by atoms with Gasteiger partial charge in [0.05, 0.1) is 12.3 Å². The molecule has 0 spiro atoms. The first-order chi connectivity index (χ1) is 9.10. The average Bonchev–Trinajstić information content (AvgIpc) is 2.83. The average molecular weight is 272 g/mol. The van der Waals surface area contributed by atoms with Crippen molar-refractivity contribution in [2.45, 2.75) is 12.8 Å². The van der Waals surface area contributed by atoms with E-state index in [2.05, 4.69) is 17.7 Å². The zero-order valence-electron chi connectivity index (χ0n) is 10.7.